The SMILES string of the molecule is CC/C=C\C/C=C\C/C=C\C/C=C\C/C=C\C/C=C\CCC(=O)O[C@H](COC(=O)CCCCCCCCCCCCCCCC)COP(=O)(O)O. The van der Waals surface area contributed by atoms with Crippen LogP contribution in [0.4, 0.5) is 0 Å². The van der Waals surface area contributed by atoms with Gasteiger partial charge in [0.1, 0.15) is 6.61 Å². The van der Waals surface area contributed by atoms with E-state index in [2.05, 4.69) is 79.1 Å². The molecule has 0 aromatic heterocycles. The molecule has 0 aromatic rings. The number of rotatable bonds is 35. The zero-order valence-electron chi connectivity index (χ0n) is 32.0. The third-order valence-corrected chi connectivity index (χ3v) is 8.49. The summed E-state index contributed by atoms with van der Waals surface area (Å²) in [7, 11) is -4.77. The van der Waals surface area contributed by atoms with E-state index in [0.29, 0.717) is 12.8 Å². The van der Waals surface area contributed by atoms with E-state index in [1.54, 1.807) is 0 Å². The van der Waals surface area contributed by atoms with Crippen molar-refractivity contribution < 1.29 is 37.9 Å². The molecule has 1 atom stereocenters. The molecule has 0 bridgehead atoms. The lowest BCUT2D eigenvalue weighted by Crippen LogP contribution is -2.29. The van der Waals surface area contributed by atoms with E-state index in [-0.39, 0.29) is 19.4 Å². The van der Waals surface area contributed by atoms with Crippen molar-refractivity contribution in [2.45, 2.75) is 168 Å². The van der Waals surface area contributed by atoms with E-state index < -0.39 is 32.5 Å². The van der Waals surface area contributed by atoms with Gasteiger partial charge in [0.05, 0.1) is 6.61 Å². The van der Waals surface area contributed by atoms with Gasteiger partial charge >= 0.3 is 19.8 Å². The molecule has 0 saturated carbocycles. The molecular formula is C42H71O8P. The van der Waals surface area contributed by atoms with Gasteiger partial charge in [-0.05, 0) is 51.4 Å². The number of hydrogen-bond acceptors (Lipinski definition) is 6. The lowest BCUT2D eigenvalue weighted by atomic mass is 10.0. The summed E-state index contributed by atoms with van der Waals surface area (Å²) in [6.07, 6.45) is 47.8. The summed E-state index contributed by atoms with van der Waals surface area (Å²) in [5.74, 6) is -0.985. The Kier molecular flexibility index (Phi) is 35.4. The van der Waals surface area contributed by atoms with Crippen LogP contribution in [0.3, 0.4) is 0 Å². The molecule has 51 heavy (non-hydrogen) atoms. The van der Waals surface area contributed by atoms with Gasteiger partial charge in [-0.15, -0.1) is 0 Å². The Hall–Kier alpha value is -2.51. The molecule has 0 aliphatic rings. The number of phosphoric acid groups is 1. The Morgan fingerprint density at radius 3 is 1.37 bits per heavy atom. The second-order valence-electron chi connectivity index (χ2n) is 12.9. The van der Waals surface area contributed by atoms with Crippen molar-refractivity contribution >= 4 is 19.8 Å². The van der Waals surface area contributed by atoms with Crippen LogP contribution >= 0.6 is 7.82 Å². The monoisotopic (exact) mass is 734 g/mol. The molecule has 0 saturated heterocycles. The highest BCUT2D eigenvalue weighted by Crippen LogP contribution is 2.36. The van der Waals surface area contributed by atoms with Gasteiger partial charge in [0.2, 0.25) is 0 Å². The topological polar surface area (TPSA) is 119 Å². The first kappa shape index (κ1) is 48.5. The summed E-state index contributed by atoms with van der Waals surface area (Å²) in [5.41, 5.74) is 0. The third-order valence-electron chi connectivity index (χ3n) is 8.00. The van der Waals surface area contributed by atoms with E-state index >= 15 is 0 Å². The number of allylic oxidation sites excluding steroid dienone is 12. The molecule has 292 valence electrons. The minimum Gasteiger partial charge on any atom is -0.462 e. The van der Waals surface area contributed by atoms with Crippen LogP contribution in [0, 0.1) is 0 Å². The van der Waals surface area contributed by atoms with Crippen LogP contribution in [0.1, 0.15) is 162 Å². The van der Waals surface area contributed by atoms with Crippen molar-refractivity contribution in [3.63, 3.8) is 0 Å². The van der Waals surface area contributed by atoms with Gasteiger partial charge in [-0.1, -0.05) is 170 Å². The lowest BCUT2D eigenvalue weighted by Gasteiger charge is -2.18. The van der Waals surface area contributed by atoms with Gasteiger partial charge in [-0.25, -0.2) is 4.57 Å². The summed E-state index contributed by atoms with van der Waals surface area (Å²) in [6.45, 7) is 3.50. The van der Waals surface area contributed by atoms with Gasteiger partial charge in [-0.2, -0.15) is 0 Å². The quantitative estimate of drug-likeness (QED) is 0.0286. The Bertz CT molecular complexity index is 1050. The van der Waals surface area contributed by atoms with E-state index in [9.17, 15) is 14.2 Å². The molecular weight excluding hydrogens is 663 g/mol. The summed E-state index contributed by atoms with van der Waals surface area (Å²) >= 11 is 0. The third kappa shape index (κ3) is 40.1. The molecule has 8 nitrogen and oxygen atoms in total. The average Bonchev–Trinajstić information content (AvgIpc) is 3.10. The fraction of sp³-hybridized carbons (Fsp3) is 0.667. The van der Waals surface area contributed by atoms with Crippen molar-refractivity contribution in [1.29, 1.82) is 0 Å². The highest BCUT2D eigenvalue weighted by molar-refractivity contribution is 7.46. The Labute approximate surface area is 310 Å². The predicted molar refractivity (Wildman–Crippen MR) is 211 cm³/mol. The van der Waals surface area contributed by atoms with Crippen LogP contribution in [-0.2, 0) is 28.2 Å². The molecule has 0 fully saturated rings. The molecule has 0 amide bonds. The normalized spacial score (nSPS) is 13.3. The fourth-order valence-corrected chi connectivity index (χ4v) is 5.46. The molecule has 2 N–H and O–H groups in total. The first-order valence-electron chi connectivity index (χ1n) is 19.7. The second-order valence-corrected chi connectivity index (χ2v) is 14.1. The Balaban J connectivity index is 4.10. The van der Waals surface area contributed by atoms with E-state index in [4.69, 9.17) is 19.3 Å². The average molecular weight is 735 g/mol. The maximum absolute atomic E-state index is 12.3. The van der Waals surface area contributed by atoms with Gasteiger partial charge < -0.3 is 19.3 Å². The number of ether oxygens (including phenoxy) is 2. The van der Waals surface area contributed by atoms with Gasteiger partial charge in [0, 0.05) is 12.8 Å². The number of phosphoric ester groups is 1. The Morgan fingerprint density at radius 2 is 0.941 bits per heavy atom. The first-order valence-corrected chi connectivity index (χ1v) is 21.3. The molecule has 0 heterocycles. The molecule has 0 aliphatic carbocycles. The number of carbonyl (C=O) groups excluding carboxylic acids is 2. The minimum atomic E-state index is -4.77. The van der Waals surface area contributed by atoms with E-state index in [1.165, 1.54) is 70.6 Å². The maximum Gasteiger partial charge on any atom is 0.469 e. The zero-order valence-corrected chi connectivity index (χ0v) is 32.9. The zero-order chi connectivity index (χ0) is 37.5. The highest BCUT2D eigenvalue weighted by atomic mass is 31.2. The van der Waals surface area contributed by atoms with Crippen LogP contribution in [0.25, 0.3) is 0 Å². The largest absolute Gasteiger partial charge is 0.469 e. The molecule has 0 aromatic carbocycles. The van der Waals surface area contributed by atoms with Crippen LogP contribution in [0.15, 0.2) is 72.9 Å². The van der Waals surface area contributed by atoms with E-state index in [1.807, 2.05) is 12.2 Å². The summed E-state index contributed by atoms with van der Waals surface area (Å²) in [6, 6.07) is 0. The second kappa shape index (κ2) is 37.3. The molecule has 9 heteroatoms. The van der Waals surface area contributed by atoms with Crippen molar-refractivity contribution in [3.8, 4) is 0 Å². The number of hydrogen-bond donors (Lipinski definition) is 2. The molecule has 0 unspecified atom stereocenters. The number of unbranched alkanes of at least 4 members (excludes halogenated alkanes) is 13. The van der Waals surface area contributed by atoms with Crippen molar-refractivity contribution in [2.24, 2.45) is 0 Å². The lowest BCUT2D eigenvalue weighted by molar-refractivity contribution is -0.161. The first-order chi connectivity index (χ1) is 24.8. The van der Waals surface area contributed by atoms with Gasteiger partial charge in [-0.3, -0.25) is 14.1 Å². The number of esters is 2. The smallest absolute Gasteiger partial charge is 0.462 e. The van der Waals surface area contributed by atoms with Crippen molar-refractivity contribution in [1.82, 2.24) is 0 Å². The van der Waals surface area contributed by atoms with Crippen LogP contribution in [0.2, 0.25) is 0 Å². The van der Waals surface area contributed by atoms with Gasteiger partial charge in [0.15, 0.2) is 6.10 Å². The maximum atomic E-state index is 12.3. The fourth-order valence-electron chi connectivity index (χ4n) is 5.10. The minimum absolute atomic E-state index is 0.0849. The van der Waals surface area contributed by atoms with E-state index in [0.717, 1.165) is 51.4 Å². The summed E-state index contributed by atoms with van der Waals surface area (Å²) in [5, 5.41) is 0. The van der Waals surface area contributed by atoms with Crippen molar-refractivity contribution in [3.05, 3.63) is 72.9 Å². The van der Waals surface area contributed by atoms with Crippen molar-refractivity contribution in [2.75, 3.05) is 13.2 Å². The van der Waals surface area contributed by atoms with Crippen LogP contribution < -0.4 is 0 Å². The van der Waals surface area contributed by atoms with Crippen LogP contribution in [0.5, 0.6) is 0 Å². The standard InChI is InChI=1S/C42H71O8P/c1-3-5-7-9-11-13-15-17-19-20-21-22-23-25-27-29-31-33-35-37-42(44)50-40(39-49-51(45,46)47)38-48-41(43)36-34-32-30-28-26-24-18-16-14-12-10-8-6-4-2/h5,7,11,13,17,19,21-22,25,27,31,33,40H,3-4,6,8-10,12,14-16,18,20,23-24,26,28-30,32,34-39H2,1-2H3,(H2,45,46,47)/b7-5-,13-11-,19-17-,22-21-,27-25-,33-31-/t40-/m1/s1. The molecule has 0 aliphatic heterocycles. The Morgan fingerprint density at radius 1 is 0.529 bits per heavy atom. The predicted octanol–water partition coefficient (Wildman–Crippen LogP) is 11.9. The molecule has 0 rings (SSSR count). The molecule has 0 radical (unpaired) electrons. The molecule has 0 spiro atoms. The highest BCUT2D eigenvalue weighted by Gasteiger charge is 2.22. The summed E-state index contributed by atoms with van der Waals surface area (Å²) in [4.78, 5) is 42.7. The van der Waals surface area contributed by atoms with Gasteiger partial charge in [0.25, 0.3) is 0 Å². The van der Waals surface area contributed by atoms with Crippen LogP contribution in [-0.4, -0.2) is 41.0 Å². The summed E-state index contributed by atoms with van der Waals surface area (Å²) < 4.78 is 26.3. The number of carbonyl (C=O) groups is 2.